The maximum absolute atomic E-state index is 12.0. The lowest BCUT2D eigenvalue weighted by Crippen LogP contribution is -2.51. The highest BCUT2D eigenvalue weighted by atomic mass is 16.6. The molecule has 0 saturated carbocycles. The number of hydrogen-bond acceptors (Lipinski definition) is 6. The number of rotatable bonds is 5. The average Bonchev–Trinajstić information content (AvgIpc) is 2.51. The fourth-order valence-electron chi connectivity index (χ4n) is 2.36. The van der Waals surface area contributed by atoms with Gasteiger partial charge in [-0.05, 0) is 20.8 Å². The highest BCUT2D eigenvalue weighted by Gasteiger charge is 2.25. The first-order valence-corrected chi connectivity index (χ1v) is 8.10. The van der Waals surface area contributed by atoms with Crippen molar-refractivity contribution in [3.63, 3.8) is 0 Å². The molecule has 0 bridgehead atoms. The first-order valence-electron chi connectivity index (χ1n) is 8.10. The first kappa shape index (κ1) is 17.6. The van der Waals surface area contributed by atoms with Crippen molar-refractivity contribution in [1.29, 1.82) is 0 Å². The third kappa shape index (κ3) is 6.50. The number of hydrogen-bond donors (Lipinski definition) is 1. The lowest BCUT2D eigenvalue weighted by Gasteiger charge is -2.35. The van der Waals surface area contributed by atoms with Crippen LogP contribution in [0.2, 0.25) is 0 Å². The number of amides is 1. The molecule has 1 aromatic rings. The second kappa shape index (κ2) is 8.21. The number of nitrogens with one attached hydrogen (secondary N) is 1. The van der Waals surface area contributed by atoms with E-state index in [1.807, 2.05) is 20.8 Å². The maximum atomic E-state index is 12.0. The van der Waals surface area contributed by atoms with Crippen molar-refractivity contribution >= 4 is 6.09 Å². The van der Waals surface area contributed by atoms with Crippen molar-refractivity contribution in [2.24, 2.45) is 0 Å². The number of carbonyl (C=O) groups is 1. The van der Waals surface area contributed by atoms with E-state index in [0.717, 1.165) is 51.5 Å². The predicted molar refractivity (Wildman–Crippen MR) is 88.0 cm³/mol. The Balaban J connectivity index is 1.60. The SMILES string of the molecule is CC(C)(C)OC(=O)N1CCN(CCNCc2cnccn2)CC1. The molecule has 0 unspecified atom stereocenters. The molecular formula is C16H27N5O2. The minimum absolute atomic E-state index is 0.210. The molecule has 0 atom stereocenters. The molecule has 0 radical (unpaired) electrons. The topological polar surface area (TPSA) is 70.6 Å². The fourth-order valence-corrected chi connectivity index (χ4v) is 2.36. The maximum Gasteiger partial charge on any atom is 0.410 e. The Bertz CT molecular complexity index is 481. The molecule has 1 N–H and O–H groups in total. The fraction of sp³-hybridized carbons (Fsp3) is 0.688. The second-order valence-corrected chi connectivity index (χ2v) is 6.68. The van der Waals surface area contributed by atoms with Crippen LogP contribution in [-0.2, 0) is 11.3 Å². The van der Waals surface area contributed by atoms with Gasteiger partial charge < -0.3 is 15.0 Å². The lowest BCUT2D eigenvalue weighted by atomic mass is 10.2. The number of nitrogens with zero attached hydrogens (tertiary/aromatic N) is 4. The Morgan fingerprint density at radius 1 is 1.26 bits per heavy atom. The third-order valence-electron chi connectivity index (χ3n) is 3.55. The quantitative estimate of drug-likeness (QED) is 0.820. The van der Waals surface area contributed by atoms with Crippen molar-refractivity contribution in [1.82, 2.24) is 25.1 Å². The van der Waals surface area contributed by atoms with Crippen LogP contribution < -0.4 is 5.32 Å². The number of piperazine rings is 1. The van der Waals surface area contributed by atoms with Gasteiger partial charge in [0, 0.05) is 64.4 Å². The van der Waals surface area contributed by atoms with E-state index in [4.69, 9.17) is 4.74 Å². The molecule has 2 heterocycles. The monoisotopic (exact) mass is 321 g/mol. The van der Waals surface area contributed by atoms with E-state index < -0.39 is 5.60 Å². The van der Waals surface area contributed by atoms with E-state index >= 15 is 0 Å². The van der Waals surface area contributed by atoms with Gasteiger partial charge in [-0.15, -0.1) is 0 Å². The normalized spacial score (nSPS) is 16.4. The number of carbonyl (C=O) groups excluding carboxylic acids is 1. The van der Waals surface area contributed by atoms with E-state index in [9.17, 15) is 4.79 Å². The smallest absolute Gasteiger partial charge is 0.410 e. The van der Waals surface area contributed by atoms with Crippen LogP contribution in [0.1, 0.15) is 26.5 Å². The summed E-state index contributed by atoms with van der Waals surface area (Å²) in [6, 6.07) is 0. The van der Waals surface area contributed by atoms with Gasteiger partial charge in [-0.25, -0.2) is 4.79 Å². The minimum Gasteiger partial charge on any atom is -0.444 e. The van der Waals surface area contributed by atoms with Crippen molar-refractivity contribution in [2.75, 3.05) is 39.3 Å². The summed E-state index contributed by atoms with van der Waals surface area (Å²) in [7, 11) is 0. The van der Waals surface area contributed by atoms with Crippen molar-refractivity contribution in [3.8, 4) is 0 Å². The van der Waals surface area contributed by atoms with Crippen LogP contribution in [0.15, 0.2) is 18.6 Å². The second-order valence-electron chi connectivity index (χ2n) is 6.68. The Morgan fingerprint density at radius 2 is 2.00 bits per heavy atom. The molecule has 1 aliphatic heterocycles. The summed E-state index contributed by atoms with van der Waals surface area (Å²) in [5.74, 6) is 0. The van der Waals surface area contributed by atoms with Crippen LogP contribution in [0.25, 0.3) is 0 Å². The van der Waals surface area contributed by atoms with Gasteiger partial charge in [0.1, 0.15) is 5.60 Å². The summed E-state index contributed by atoms with van der Waals surface area (Å²) >= 11 is 0. The zero-order valence-corrected chi connectivity index (χ0v) is 14.3. The number of aromatic nitrogens is 2. The standard InChI is InChI=1S/C16H27N5O2/c1-16(2,3)23-15(22)21-10-8-20(9-11-21)7-6-18-13-14-12-17-4-5-19-14/h4-5,12,18H,6-11,13H2,1-3H3. The van der Waals surface area contributed by atoms with Crippen LogP contribution in [0, 0.1) is 0 Å². The summed E-state index contributed by atoms with van der Waals surface area (Å²) in [6.07, 6.45) is 4.94. The van der Waals surface area contributed by atoms with E-state index in [-0.39, 0.29) is 6.09 Å². The van der Waals surface area contributed by atoms with Crippen molar-refractivity contribution in [2.45, 2.75) is 32.9 Å². The molecule has 23 heavy (non-hydrogen) atoms. The largest absolute Gasteiger partial charge is 0.444 e. The van der Waals surface area contributed by atoms with Crippen molar-refractivity contribution < 1.29 is 9.53 Å². The molecule has 0 spiro atoms. The van der Waals surface area contributed by atoms with Crippen LogP contribution in [0.4, 0.5) is 4.79 Å². The van der Waals surface area contributed by atoms with Gasteiger partial charge in [0.25, 0.3) is 0 Å². The molecule has 1 aromatic heterocycles. The van der Waals surface area contributed by atoms with Crippen LogP contribution in [-0.4, -0.2) is 70.7 Å². The van der Waals surface area contributed by atoms with Gasteiger partial charge in [0.15, 0.2) is 0 Å². The molecule has 2 rings (SSSR count). The van der Waals surface area contributed by atoms with Crippen LogP contribution in [0.5, 0.6) is 0 Å². The Kier molecular flexibility index (Phi) is 6.29. The van der Waals surface area contributed by atoms with Crippen LogP contribution >= 0.6 is 0 Å². The first-order chi connectivity index (χ1) is 10.9. The zero-order valence-electron chi connectivity index (χ0n) is 14.3. The Morgan fingerprint density at radius 3 is 2.61 bits per heavy atom. The van der Waals surface area contributed by atoms with E-state index in [1.54, 1.807) is 23.5 Å². The zero-order chi connectivity index (χ0) is 16.7. The highest BCUT2D eigenvalue weighted by molar-refractivity contribution is 5.68. The molecule has 1 fully saturated rings. The molecule has 128 valence electrons. The van der Waals surface area contributed by atoms with Gasteiger partial charge in [0.2, 0.25) is 0 Å². The Hall–Kier alpha value is -1.73. The van der Waals surface area contributed by atoms with Gasteiger partial charge >= 0.3 is 6.09 Å². The molecule has 1 amide bonds. The van der Waals surface area contributed by atoms with Gasteiger partial charge in [-0.3, -0.25) is 14.9 Å². The van der Waals surface area contributed by atoms with E-state index in [1.165, 1.54) is 0 Å². The minimum atomic E-state index is -0.432. The summed E-state index contributed by atoms with van der Waals surface area (Å²) in [5.41, 5.74) is 0.514. The average molecular weight is 321 g/mol. The van der Waals surface area contributed by atoms with Gasteiger partial charge in [-0.2, -0.15) is 0 Å². The third-order valence-corrected chi connectivity index (χ3v) is 3.55. The summed E-state index contributed by atoms with van der Waals surface area (Å²) in [4.78, 5) is 24.4. The molecule has 1 aliphatic rings. The lowest BCUT2D eigenvalue weighted by molar-refractivity contribution is 0.0146. The summed E-state index contributed by atoms with van der Waals surface area (Å²) in [5, 5.41) is 3.36. The molecule has 7 heteroatoms. The Labute approximate surface area is 138 Å². The summed E-state index contributed by atoms with van der Waals surface area (Å²) in [6.45, 7) is 11.5. The van der Waals surface area contributed by atoms with Gasteiger partial charge in [-0.1, -0.05) is 0 Å². The summed E-state index contributed by atoms with van der Waals surface area (Å²) < 4.78 is 5.40. The molecular weight excluding hydrogens is 294 g/mol. The molecule has 0 aromatic carbocycles. The van der Waals surface area contributed by atoms with Crippen molar-refractivity contribution in [3.05, 3.63) is 24.3 Å². The van der Waals surface area contributed by atoms with E-state index in [0.29, 0.717) is 0 Å². The molecule has 0 aliphatic carbocycles. The predicted octanol–water partition coefficient (Wildman–Crippen LogP) is 1.12. The molecule has 1 saturated heterocycles. The van der Waals surface area contributed by atoms with Crippen LogP contribution in [0.3, 0.4) is 0 Å². The van der Waals surface area contributed by atoms with Gasteiger partial charge in [0.05, 0.1) is 5.69 Å². The highest BCUT2D eigenvalue weighted by Crippen LogP contribution is 2.11. The van der Waals surface area contributed by atoms with E-state index in [2.05, 4.69) is 20.2 Å². The molecule has 7 nitrogen and oxygen atoms in total. The number of ether oxygens (including phenoxy) is 1.